The highest BCUT2D eigenvalue weighted by atomic mass is 32.2. The number of nitrogens with zero attached hydrogens (tertiary/aromatic N) is 4. The quantitative estimate of drug-likeness (QED) is 0.0738. The van der Waals surface area contributed by atoms with Crippen molar-refractivity contribution in [2.45, 2.75) is 160 Å². The van der Waals surface area contributed by atoms with Gasteiger partial charge in [-0.1, -0.05) is 85.2 Å². The van der Waals surface area contributed by atoms with Crippen LogP contribution in [0.3, 0.4) is 0 Å². The number of rotatable bonds is 33. The van der Waals surface area contributed by atoms with Gasteiger partial charge in [-0.15, -0.1) is 0 Å². The Bertz CT molecular complexity index is 2190. The summed E-state index contributed by atoms with van der Waals surface area (Å²) < 4.78 is 51.2. The predicted octanol–water partition coefficient (Wildman–Crippen LogP) is 3.09. The molecule has 0 aromatic heterocycles. The number of ether oxygens (including phenoxy) is 4. The molecule has 21 nitrogen and oxygen atoms in total. The molecule has 1 saturated carbocycles. The minimum atomic E-state index is -3.89. The summed E-state index contributed by atoms with van der Waals surface area (Å²) in [5.74, 6) is -4.96. The van der Waals surface area contributed by atoms with Crippen molar-refractivity contribution in [2.24, 2.45) is 29.6 Å². The van der Waals surface area contributed by atoms with Crippen molar-refractivity contribution in [1.82, 2.24) is 35.0 Å². The monoisotopic (exact) mass is 1110 g/mol. The number of likely N-dealkylation sites (tertiary alicyclic amines) is 2. The van der Waals surface area contributed by atoms with Crippen LogP contribution in [0.2, 0.25) is 0 Å². The van der Waals surface area contributed by atoms with E-state index in [4.69, 9.17) is 18.9 Å². The molecular weight excluding hydrogens is 1010 g/mol. The highest BCUT2D eigenvalue weighted by Gasteiger charge is 2.44. The molecule has 22 heteroatoms. The van der Waals surface area contributed by atoms with Crippen molar-refractivity contribution in [3.05, 3.63) is 35.9 Å². The number of sulfonamides is 1. The van der Waals surface area contributed by atoms with E-state index in [0.29, 0.717) is 77.7 Å². The molecule has 3 aliphatic rings. The summed E-state index contributed by atoms with van der Waals surface area (Å²) in [6.45, 7) is 16.0. The van der Waals surface area contributed by atoms with Crippen LogP contribution in [-0.2, 0) is 69.0 Å². The Kier molecular flexibility index (Phi) is 26.2. The lowest BCUT2D eigenvalue weighted by atomic mass is 9.89. The Morgan fingerprint density at radius 1 is 0.766 bits per heavy atom. The Labute approximate surface area is 457 Å². The number of likely N-dealkylation sites (N-methyl/N-ethyl adjacent to an activating group) is 2. The van der Waals surface area contributed by atoms with E-state index in [-0.39, 0.29) is 80.5 Å². The van der Waals surface area contributed by atoms with E-state index in [1.165, 1.54) is 14.2 Å². The number of benzene rings is 1. The normalized spacial score (nSPS) is 19.5. The Balaban J connectivity index is 1.35. The molecule has 4 rings (SSSR count). The van der Waals surface area contributed by atoms with Gasteiger partial charge >= 0.3 is 5.97 Å². The molecular formula is C55H91N7O14S. The van der Waals surface area contributed by atoms with Gasteiger partial charge in [0.25, 0.3) is 5.91 Å². The summed E-state index contributed by atoms with van der Waals surface area (Å²) in [5.41, 5.74) is 0.723. The molecule has 0 bridgehead atoms. The highest BCUT2D eigenvalue weighted by Crippen LogP contribution is 2.31. The van der Waals surface area contributed by atoms with Gasteiger partial charge in [0.15, 0.2) is 0 Å². The van der Waals surface area contributed by atoms with E-state index in [9.17, 15) is 47.1 Å². The number of nitrogens with one attached hydrogen (secondary N) is 3. The number of carboxylic acids is 1. The maximum absolute atomic E-state index is 14.7. The number of carbonyl (C=O) groups excluding carboxylic acids is 6. The Morgan fingerprint density at radius 2 is 1.40 bits per heavy atom. The number of carbonyl (C=O) groups is 7. The second kappa shape index (κ2) is 31.2. The van der Waals surface area contributed by atoms with Gasteiger partial charge < -0.3 is 49.4 Å². The smallest absolute Gasteiger partial charge is 0.306 e. The van der Waals surface area contributed by atoms with Crippen molar-refractivity contribution < 1.29 is 66.0 Å². The summed E-state index contributed by atoms with van der Waals surface area (Å²) in [5, 5.41) is 14.4. The van der Waals surface area contributed by atoms with Crippen LogP contribution in [0, 0.1) is 29.6 Å². The van der Waals surface area contributed by atoms with E-state index >= 15 is 0 Å². The highest BCUT2D eigenvalue weighted by molar-refractivity contribution is 7.90. The first-order valence-corrected chi connectivity index (χ1v) is 29.2. The van der Waals surface area contributed by atoms with Gasteiger partial charge in [-0.3, -0.25) is 43.2 Å². The lowest BCUT2D eigenvalue weighted by molar-refractivity contribution is -0.148. The van der Waals surface area contributed by atoms with Crippen LogP contribution in [0.25, 0.3) is 0 Å². The average molecular weight is 1110 g/mol. The lowest BCUT2D eigenvalue weighted by Crippen LogP contribution is -2.60. The van der Waals surface area contributed by atoms with Gasteiger partial charge in [0.2, 0.25) is 39.6 Å². The van der Waals surface area contributed by atoms with Gasteiger partial charge in [0.05, 0.1) is 86.7 Å². The van der Waals surface area contributed by atoms with Crippen molar-refractivity contribution in [1.29, 1.82) is 0 Å². The van der Waals surface area contributed by atoms with Crippen LogP contribution in [0.15, 0.2) is 30.3 Å². The van der Waals surface area contributed by atoms with Crippen molar-refractivity contribution in [3.8, 4) is 0 Å². The number of piperidine rings is 1. The van der Waals surface area contributed by atoms with E-state index < -0.39 is 87.3 Å². The molecule has 2 aliphatic heterocycles. The fourth-order valence-electron chi connectivity index (χ4n) is 10.7. The number of amides is 6. The molecule has 6 amide bonds. The molecule has 77 heavy (non-hydrogen) atoms. The minimum absolute atomic E-state index is 0.0499. The Morgan fingerprint density at radius 3 is 1.96 bits per heavy atom. The molecule has 1 aliphatic carbocycles. The van der Waals surface area contributed by atoms with Crippen LogP contribution >= 0.6 is 0 Å². The third kappa shape index (κ3) is 19.0. The van der Waals surface area contributed by atoms with Gasteiger partial charge in [-0.2, -0.15) is 0 Å². The van der Waals surface area contributed by atoms with Crippen LogP contribution in [-0.4, -0.2) is 203 Å². The summed E-state index contributed by atoms with van der Waals surface area (Å²) >= 11 is 0. The first-order chi connectivity index (χ1) is 36.5. The van der Waals surface area contributed by atoms with E-state index in [2.05, 4.69) is 15.4 Å². The first kappa shape index (κ1) is 64.8. The second-order valence-corrected chi connectivity index (χ2v) is 23.9. The largest absolute Gasteiger partial charge is 0.481 e. The summed E-state index contributed by atoms with van der Waals surface area (Å²) in [6, 6.07) is 5.18. The summed E-state index contributed by atoms with van der Waals surface area (Å²) in [4.78, 5) is 102. The number of aliphatic carboxylic acids is 1. The van der Waals surface area contributed by atoms with Crippen LogP contribution in [0.5, 0.6) is 0 Å². The molecule has 1 aromatic rings. The topological polar surface area (TPSA) is 260 Å². The zero-order chi connectivity index (χ0) is 57.1. The third-order valence-electron chi connectivity index (χ3n) is 15.6. The fourth-order valence-corrected chi connectivity index (χ4v) is 12.0. The fraction of sp³-hybridized carbons (Fsp3) is 0.764. The standard InChI is InChI=1S/C55H91N7O14S/c1-12-37(6)49(60(9)54(68)47(35(2)3)57-53(67)48(36(4)5)59(8)28-30-76-32-31-75-29-24-45(63)61-26-22-40(23-27-61)55(69)70)44(73-10)34-46(64)62-25-16-19-43(62)50(74-11)38(7)51(65)56-42(33-39-17-14-13-15-18-39)52(66)58-77(71,72)41-20-21-41/h13-15,17-18,35-38,40-44,47-50H,12,16,19-34H2,1-11H3,(H,56,65)(H,57,67)(H,58,66)(H,69,70)/t37-,38+,42-,43-,44+,47-,48?,49-,50+/m0/s1. The first-order valence-electron chi connectivity index (χ1n) is 27.7. The molecule has 2 saturated heterocycles. The Hall–Kier alpha value is -4.74. The maximum atomic E-state index is 14.7. The second-order valence-electron chi connectivity index (χ2n) is 21.9. The number of carboxylic acid groups (broad SMARTS) is 1. The van der Waals surface area contributed by atoms with Crippen LogP contribution in [0.4, 0.5) is 0 Å². The lowest BCUT2D eigenvalue weighted by Gasteiger charge is -2.41. The minimum Gasteiger partial charge on any atom is -0.481 e. The van der Waals surface area contributed by atoms with Crippen molar-refractivity contribution in [2.75, 3.05) is 80.9 Å². The molecule has 2 heterocycles. The van der Waals surface area contributed by atoms with E-state index in [0.717, 1.165) is 5.56 Å². The SMILES string of the molecule is CC[C@H](C)[C@@H]([C@@H](CC(=O)N1CCC[C@H]1[C@H](OC)[C@@H](C)C(=O)N[C@@H](Cc1ccccc1)C(=O)NS(=O)(=O)C1CC1)OC)N(C)C(=O)[C@@H](NC(=O)C(C(C)C)N(C)CCOCCOCCC(=O)N1CCC(C(=O)O)CC1)C(C)C. The van der Waals surface area contributed by atoms with Crippen molar-refractivity contribution in [3.63, 3.8) is 0 Å². The zero-order valence-corrected chi connectivity index (χ0v) is 48.4. The number of hydrogen-bond donors (Lipinski definition) is 4. The van der Waals surface area contributed by atoms with Crippen LogP contribution in [0.1, 0.15) is 112 Å². The summed E-state index contributed by atoms with van der Waals surface area (Å²) in [6.07, 6.45) is 2.29. The van der Waals surface area contributed by atoms with Crippen molar-refractivity contribution >= 4 is 51.4 Å². The molecule has 436 valence electrons. The van der Waals surface area contributed by atoms with Gasteiger partial charge in [0, 0.05) is 53.9 Å². The average Bonchev–Trinajstić information content (AvgIpc) is 4.16. The molecule has 0 spiro atoms. The van der Waals surface area contributed by atoms with E-state index in [1.54, 1.807) is 52.9 Å². The van der Waals surface area contributed by atoms with Gasteiger partial charge in [0.1, 0.15) is 12.1 Å². The third-order valence-corrected chi connectivity index (χ3v) is 17.4. The summed E-state index contributed by atoms with van der Waals surface area (Å²) in [7, 11) is 2.60. The number of hydrogen-bond acceptors (Lipinski definition) is 14. The molecule has 0 radical (unpaired) electrons. The maximum Gasteiger partial charge on any atom is 0.306 e. The number of methoxy groups -OCH3 is 2. The molecule has 1 unspecified atom stereocenters. The van der Waals surface area contributed by atoms with Crippen LogP contribution < -0.4 is 15.4 Å². The van der Waals surface area contributed by atoms with E-state index in [1.807, 2.05) is 59.6 Å². The van der Waals surface area contributed by atoms with Gasteiger partial charge in [-0.25, -0.2) is 8.42 Å². The molecule has 9 atom stereocenters. The molecule has 1 aromatic carbocycles. The van der Waals surface area contributed by atoms with Gasteiger partial charge in [-0.05, 0) is 68.9 Å². The molecule has 4 N–H and O–H groups in total. The predicted molar refractivity (Wildman–Crippen MR) is 290 cm³/mol. The molecule has 3 fully saturated rings. The zero-order valence-electron chi connectivity index (χ0n) is 47.6.